The number of nitro benzene ring substituents is 1. The van der Waals surface area contributed by atoms with Gasteiger partial charge in [0.15, 0.2) is 4.90 Å². The van der Waals surface area contributed by atoms with E-state index < -0.39 is 20.6 Å². The van der Waals surface area contributed by atoms with Crippen molar-refractivity contribution in [2.75, 3.05) is 13.1 Å². The van der Waals surface area contributed by atoms with Crippen LogP contribution in [0.25, 0.3) is 5.69 Å². The average molecular weight is 443 g/mol. The van der Waals surface area contributed by atoms with Crippen molar-refractivity contribution in [1.29, 1.82) is 0 Å². The van der Waals surface area contributed by atoms with Gasteiger partial charge in [-0.2, -0.15) is 9.40 Å². The summed E-state index contributed by atoms with van der Waals surface area (Å²) in [6.45, 7) is 0.358. The van der Waals surface area contributed by atoms with E-state index in [2.05, 4.69) is 5.10 Å². The first-order valence-corrected chi connectivity index (χ1v) is 11.2. The molecular weight excluding hydrogens is 422 g/mol. The van der Waals surface area contributed by atoms with Crippen molar-refractivity contribution < 1.29 is 13.3 Å². The number of hydrogen-bond acceptors (Lipinski definition) is 6. The lowest BCUT2D eigenvalue weighted by Gasteiger charge is -2.30. The predicted molar refractivity (Wildman–Crippen MR) is 113 cm³/mol. The molecular formula is C20H21N5O5S. The molecule has 4 rings (SSSR count). The summed E-state index contributed by atoms with van der Waals surface area (Å²) >= 11 is 0. The molecule has 0 radical (unpaired) electrons. The Morgan fingerprint density at radius 1 is 1.03 bits per heavy atom. The Morgan fingerprint density at radius 3 is 2.29 bits per heavy atom. The number of aryl methyl sites for hydroxylation is 1. The number of benzene rings is 2. The van der Waals surface area contributed by atoms with E-state index in [0.29, 0.717) is 24.4 Å². The fraction of sp³-hybridized carbons (Fsp3) is 0.300. The standard InChI is InChI=1S/C20H21N5O5S/c1-22-20(26)24(16-7-3-2-4-8-16)19(21-22)15-11-13-23(14-12-15)31(29,30)18-10-6-5-9-17(18)25(27)28/h2-10,15H,11-14H2,1H3. The number of rotatable bonds is 5. The molecule has 0 amide bonds. The van der Waals surface area contributed by atoms with Crippen LogP contribution in [0.2, 0.25) is 0 Å². The highest BCUT2D eigenvalue weighted by Crippen LogP contribution is 2.32. The summed E-state index contributed by atoms with van der Waals surface area (Å²) in [5.41, 5.74) is -0.00557. The zero-order chi connectivity index (χ0) is 22.2. The van der Waals surface area contributed by atoms with Crippen molar-refractivity contribution in [3.05, 3.63) is 81.0 Å². The van der Waals surface area contributed by atoms with Gasteiger partial charge in [-0.1, -0.05) is 30.3 Å². The van der Waals surface area contributed by atoms with Gasteiger partial charge in [0.05, 0.1) is 10.6 Å². The van der Waals surface area contributed by atoms with Crippen LogP contribution in [0, 0.1) is 10.1 Å². The van der Waals surface area contributed by atoms with Crippen molar-refractivity contribution >= 4 is 15.7 Å². The van der Waals surface area contributed by atoms with Gasteiger partial charge in [-0.25, -0.2) is 22.5 Å². The molecule has 1 fully saturated rings. The molecule has 162 valence electrons. The van der Waals surface area contributed by atoms with Crippen LogP contribution in [0.15, 0.2) is 64.3 Å². The third-order valence-electron chi connectivity index (χ3n) is 5.46. The Labute approximate surface area is 178 Å². The monoisotopic (exact) mass is 443 g/mol. The van der Waals surface area contributed by atoms with E-state index in [1.807, 2.05) is 30.3 Å². The van der Waals surface area contributed by atoms with Crippen LogP contribution >= 0.6 is 0 Å². The predicted octanol–water partition coefficient (Wildman–Crippen LogP) is 2.05. The van der Waals surface area contributed by atoms with E-state index >= 15 is 0 Å². The number of hydrogen-bond donors (Lipinski definition) is 0. The third-order valence-corrected chi connectivity index (χ3v) is 7.41. The number of nitro groups is 1. The number of aromatic nitrogens is 3. The molecule has 2 aromatic carbocycles. The molecule has 0 aliphatic carbocycles. The lowest BCUT2D eigenvalue weighted by molar-refractivity contribution is -0.387. The quantitative estimate of drug-likeness (QED) is 0.440. The second-order valence-electron chi connectivity index (χ2n) is 7.34. The Morgan fingerprint density at radius 2 is 1.65 bits per heavy atom. The summed E-state index contributed by atoms with van der Waals surface area (Å²) in [5.74, 6) is 0.466. The summed E-state index contributed by atoms with van der Waals surface area (Å²) < 4.78 is 30.2. The van der Waals surface area contributed by atoms with Crippen LogP contribution in [0.4, 0.5) is 5.69 Å². The molecule has 2 heterocycles. The van der Waals surface area contributed by atoms with Gasteiger partial charge < -0.3 is 0 Å². The van der Waals surface area contributed by atoms with Crippen molar-refractivity contribution in [2.24, 2.45) is 7.05 Å². The minimum Gasteiger partial charge on any atom is -0.258 e. The Hall–Kier alpha value is -3.31. The summed E-state index contributed by atoms with van der Waals surface area (Å²) in [6, 6.07) is 14.5. The maximum Gasteiger partial charge on any atom is 0.350 e. The van der Waals surface area contributed by atoms with Crippen LogP contribution in [-0.2, 0) is 17.1 Å². The van der Waals surface area contributed by atoms with Crippen molar-refractivity contribution in [3.8, 4) is 5.69 Å². The molecule has 0 saturated carbocycles. The van der Waals surface area contributed by atoms with Crippen LogP contribution < -0.4 is 5.69 Å². The highest BCUT2D eigenvalue weighted by Gasteiger charge is 2.35. The molecule has 1 aliphatic heterocycles. The second kappa shape index (κ2) is 8.08. The number of para-hydroxylation sites is 2. The zero-order valence-electron chi connectivity index (χ0n) is 16.8. The van der Waals surface area contributed by atoms with Gasteiger partial charge >= 0.3 is 5.69 Å². The van der Waals surface area contributed by atoms with E-state index in [0.717, 1.165) is 0 Å². The maximum absolute atomic E-state index is 13.0. The molecule has 0 unspecified atom stereocenters. The first-order valence-electron chi connectivity index (χ1n) is 9.75. The normalized spacial score (nSPS) is 15.8. The molecule has 3 aromatic rings. The summed E-state index contributed by atoms with van der Waals surface area (Å²) in [4.78, 5) is 22.9. The highest BCUT2D eigenvalue weighted by atomic mass is 32.2. The first-order chi connectivity index (χ1) is 14.8. The van der Waals surface area contributed by atoms with Gasteiger partial charge in [0.1, 0.15) is 5.82 Å². The lowest BCUT2D eigenvalue weighted by Crippen LogP contribution is -2.38. The minimum atomic E-state index is -4.01. The fourth-order valence-corrected chi connectivity index (χ4v) is 5.51. The van der Waals surface area contributed by atoms with Gasteiger partial charge in [-0.15, -0.1) is 0 Å². The molecule has 0 spiro atoms. The van der Waals surface area contributed by atoms with Gasteiger partial charge in [-0.3, -0.25) is 10.1 Å². The molecule has 11 heteroatoms. The number of sulfonamides is 1. The lowest BCUT2D eigenvalue weighted by atomic mass is 9.97. The van der Waals surface area contributed by atoms with Crippen molar-refractivity contribution in [2.45, 2.75) is 23.7 Å². The average Bonchev–Trinajstić information content (AvgIpc) is 3.08. The zero-order valence-corrected chi connectivity index (χ0v) is 17.6. The molecule has 0 atom stereocenters. The van der Waals surface area contributed by atoms with E-state index in [-0.39, 0.29) is 29.6 Å². The Balaban J connectivity index is 1.60. The molecule has 0 N–H and O–H groups in total. The molecule has 1 saturated heterocycles. The molecule has 31 heavy (non-hydrogen) atoms. The van der Waals surface area contributed by atoms with Gasteiger partial charge in [0.2, 0.25) is 10.0 Å². The maximum atomic E-state index is 13.0. The van der Waals surface area contributed by atoms with Crippen LogP contribution in [0.5, 0.6) is 0 Å². The highest BCUT2D eigenvalue weighted by molar-refractivity contribution is 7.89. The fourth-order valence-electron chi connectivity index (χ4n) is 3.89. The van der Waals surface area contributed by atoms with Gasteiger partial charge in [0, 0.05) is 32.1 Å². The SMILES string of the molecule is Cn1nc(C2CCN(S(=O)(=O)c3ccccc3[N+](=O)[O-])CC2)n(-c2ccccc2)c1=O. The van der Waals surface area contributed by atoms with E-state index in [1.165, 1.54) is 33.3 Å². The Kier molecular flexibility index (Phi) is 5.46. The molecule has 1 aromatic heterocycles. The smallest absolute Gasteiger partial charge is 0.258 e. The number of piperidine rings is 1. The van der Waals surface area contributed by atoms with E-state index in [9.17, 15) is 23.3 Å². The Bertz CT molecular complexity index is 1270. The molecule has 1 aliphatic rings. The van der Waals surface area contributed by atoms with E-state index in [4.69, 9.17) is 0 Å². The summed E-state index contributed by atoms with van der Waals surface area (Å²) in [6.07, 6.45) is 0.895. The molecule has 0 bridgehead atoms. The van der Waals surface area contributed by atoms with Crippen LogP contribution in [-0.4, -0.2) is 45.1 Å². The van der Waals surface area contributed by atoms with Gasteiger partial charge in [0.25, 0.3) is 5.69 Å². The van der Waals surface area contributed by atoms with Gasteiger partial charge in [-0.05, 0) is 31.0 Å². The van der Waals surface area contributed by atoms with Crippen molar-refractivity contribution in [3.63, 3.8) is 0 Å². The van der Waals surface area contributed by atoms with Crippen LogP contribution in [0.3, 0.4) is 0 Å². The summed E-state index contributed by atoms with van der Waals surface area (Å²) in [5, 5.41) is 15.7. The van der Waals surface area contributed by atoms with Crippen LogP contribution in [0.1, 0.15) is 24.6 Å². The van der Waals surface area contributed by atoms with Crippen molar-refractivity contribution in [1.82, 2.24) is 18.7 Å². The first kappa shape index (κ1) is 20.9. The largest absolute Gasteiger partial charge is 0.350 e. The topological polar surface area (TPSA) is 120 Å². The minimum absolute atomic E-state index is 0.119. The summed E-state index contributed by atoms with van der Waals surface area (Å²) in [7, 11) is -2.43. The second-order valence-corrected chi connectivity index (χ2v) is 9.24. The third kappa shape index (κ3) is 3.77. The molecule has 10 nitrogen and oxygen atoms in total. The number of nitrogens with zero attached hydrogens (tertiary/aromatic N) is 5. The van der Waals surface area contributed by atoms with E-state index in [1.54, 1.807) is 11.6 Å².